The molecule has 0 amide bonds. The van der Waals surface area contributed by atoms with Crippen LogP contribution >= 0.6 is 11.3 Å². The maximum Gasteiger partial charge on any atom is 0.0604 e. The minimum absolute atomic E-state index is 0.276. The predicted molar refractivity (Wildman–Crippen MR) is 89.5 cm³/mol. The van der Waals surface area contributed by atoms with Crippen LogP contribution in [-0.2, 0) is 0 Å². The monoisotopic (exact) mass is 294 g/mol. The molecule has 1 fully saturated rings. The number of nitrogens with one attached hydrogen (secondary N) is 1. The summed E-state index contributed by atoms with van der Waals surface area (Å²) in [7, 11) is 4.53. The first-order valence-electron chi connectivity index (χ1n) is 7.96. The molecule has 0 bridgehead atoms. The molecular weight excluding hydrogens is 264 g/mol. The number of rotatable bonds is 5. The van der Waals surface area contributed by atoms with E-state index in [-0.39, 0.29) is 5.54 Å². The fourth-order valence-corrected chi connectivity index (χ4v) is 4.78. The molecule has 0 saturated heterocycles. The Labute approximate surface area is 128 Å². The zero-order chi connectivity index (χ0) is 14.8. The SMILES string of the molecule is CCNC(c1sccc1C)C1(N(C)C)CCC(C)CC1. The van der Waals surface area contributed by atoms with Crippen molar-refractivity contribution in [1.82, 2.24) is 10.2 Å². The molecular formula is C17H30N2S. The summed E-state index contributed by atoms with van der Waals surface area (Å²) in [5, 5.41) is 6.04. The molecule has 0 spiro atoms. The second-order valence-corrected chi connectivity index (χ2v) is 7.59. The van der Waals surface area contributed by atoms with Crippen LogP contribution in [0.4, 0.5) is 0 Å². The molecule has 20 heavy (non-hydrogen) atoms. The van der Waals surface area contributed by atoms with Crippen molar-refractivity contribution in [3.63, 3.8) is 0 Å². The van der Waals surface area contributed by atoms with Crippen LogP contribution in [0, 0.1) is 12.8 Å². The van der Waals surface area contributed by atoms with Crippen molar-refractivity contribution < 1.29 is 0 Å². The molecule has 0 aromatic carbocycles. The predicted octanol–water partition coefficient (Wildman–Crippen LogP) is 4.22. The Morgan fingerprint density at radius 3 is 2.50 bits per heavy atom. The summed E-state index contributed by atoms with van der Waals surface area (Å²) in [4.78, 5) is 4.03. The van der Waals surface area contributed by atoms with Gasteiger partial charge in [0.25, 0.3) is 0 Å². The van der Waals surface area contributed by atoms with Crippen LogP contribution in [0.1, 0.15) is 56.0 Å². The number of thiophene rings is 1. The molecule has 0 radical (unpaired) electrons. The van der Waals surface area contributed by atoms with Gasteiger partial charge in [-0.05, 0) is 76.2 Å². The standard InChI is InChI=1S/C17H30N2S/c1-6-18-16(15-14(3)9-12-20-15)17(19(4)5)10-7-13(2)8-11-17/h9,12-13,16,18H,6-8,10-11H2,1-5H3. The Morgan fingerprint density at radius 1 is 1.40 bits per heavy atom. The lowest BCUT2D eigenvalue weighted by atomic mass is 9.71. The van der Waals surface area contributed by atoms with Crippen molar-refractivity contribution >= 4 is 11.3 Å². The van der Waals surface area contributed by atoms with Gasteiger partial charge in [0.05, 0.1) is 6.04 Å². The van der Waals surface area contributed by atoms with Gasteiger partial charge in [-0.2, -0.15) is 0 Å². The van der Waals surface area contributed by atoms with Crippen molar-refractivity contribution in [1.29, 1.82) is 0 Å². The summed E-state index contributed by atoms with van der Waals surface area (Å²) >= 11 is 1.92. The van der Waals surface area contributed by atoms with Crippen molar-refractivity contribution in [3.8, 4) is 0 Å². The van der Waals surface area contributed by atoms with E-state index in [9.17, 15) is 0 Å². The summed E-state index contributed by atoms with van der Waals surface area (Å²) in [5.74, 6) is 0.884. The highest BCUT2D eigenvalue weighted by Crippen LogP contribution is 2.45. The molecule has 1 N–H and O–H groups in total. The number of hydrogen-bond acceptors (Lipinski definition) is 3. The fourth-order valence-electron chi connectivity index (χ4n) is 3.67. The molecule has 1 atom stereocenters. The van der Waals surface area contributed by atoms with Crippen molar-refractivity contribution in [2.24, 2.45) is 5.92 Å². The highest BCUT2D eigenvalue weighted by atomic mass is 32.1. The van der Waals surface area contributed by atoms with E-state index in [2.05, 4.69) is 56.5 Å². The highest BCUT2D eigenvalue weighted by molar-refractivity contribution is 7.10. The van der Waals surface area contributed by atoms with Crippen molar-refractivity contribution in [2.75, 3.05) is 20.6 Å². The lowest BCUT2D eigenvalue weighted by Gasteiger charge is -2.50. The molecule has 1 saturated carbocycles. The van der Waals surface area contributed by atoms with Gasteiger partial charge in [-0.15, -0.1) is 11.3 Å². The van der Waals surface area contributed by atoms with Crippen LogP contribution in [0.2, 0.25) is 0 Å². The molecule has 0 aliphatic heterocycles. The van der Waals surface area contributed by atoms with E-state index in [1.54, 1.807) is 0 Å². The minimum atomic E-state index is 0.276. The number of nitrogens with zero attached hydrogens (tertiary/aromatic N) is 1. The number of hydrogen-bond donors (Lipinski definition) is 1. The van der Waals surface area contributed by atoms with E-state index in [0.29, 0.717) is 6.04 Å². The molecule has 1 heterocycles. The number of aryl methyl sites for hydroxylation is 1. The van der Waals surface area contributed by atoms with Gasteiger partial charge in [0.15, 0.2) is 0 Å². The second-order valence-electron chi connectivity index (χ2n) is 6.64. The van der Waals surface area contributed by atoms with Crippen molar-refractivity contribution in [3.05, 3.63) is 21.9 Å². The molecule has 3 heteroatoms. The topological polar surface area (TPSA) is 15.3 Å². The van der Waals surface area contributed by atoms with E-state index in [4.69, 9.17) is 0 Å². The third-order valence-corrected chi connectivity index (χ3v) is 6.22. The third-order valence-electron chi connectivity index (χ3n) is 5.14. The average molecular weight is 295 g/mol. The highest BCUT2D eigenvalue weighted by Gasteiger charge is 2.44. The zero-order valence-corrected chi connectivity index (χ0v) is 14.5. The fraction of sp³-hybridized carbons (Fsp3) is 0.765. The second kappa shape index (κ2) is 6.59. The van der Waals surface area contributed by atoms with Gasteiger partial charge in [0.2, 0.25) is 0 Å². The minimum Gasteiger partial charge on any atom is -0.308 e. The largest absolute Gasteiger partial charge is 0.308 e. The molecule has 1 aliphatic rings. The molecule has 1 aromatic heterocycles. The molecule has 2 rings (SSSR count). The first-order chi connectivity index (χ1) is 9.51. The Morgan fingerprint density at radius 2 is 2.05 bits per heavy atom. The summed E-state index contributed by atoms with van der Waals surface area (Å²) in [6.45, 7) is 7.92. The molecule has 1 aromatic rings. The molecule has 1 aliphatic carbocycles. The van der Waals surface area contributed by atoms with Gasteiger partial charge in [-0.3, -0.25) is 0 Å². The van der Waals surface area contributed by atoms with Gasteiger partial charge in [-0.1, -0.05) is 13.8 Å². The van der Waals surface area contributed by atoms with Gasteiger partial charge in [-0.25, -0.2) is 0 Å². The van der Waals surface area contributed by atoms with Crippen LogP contribution in [0.3, 0.4) is 0 Å². The molecule has 114 valence electrons. The zero-order valence-electron chi connectivity index (χ0n) is 13.7. The van der Waals surface area contributed by atoms with Crippen LogP contribution in [0.25, 0.3) is 0 Å². The maximum absolute atomic E-state index is 3.80. The van der Waals surface area contributed by atoms with Gasteiger partial charge in [0, 0.05) is 10.4 Å². The van der Waals surface area contributed by atoms with Crippen molar-refractivity contribution in [2.45, 2.75) is 58.0 Å². The van der Waals surface area contributed by atoms with E-state index < -0.39 is 0 Å². The quantitative estimate of drug-likeness (QED) is 0.875. The molecule has 2 nitrogen and oxygen atoms in total. The van der Waals surface area contributed by atoms with E-state index in [0.717, 1.165) is 12.5 Å². The van der Waals surface area contributed by atoms with E-state index in [1.807, 2.05) is 11.3 Å². The van der Waals surface area contributed by atoms with E-state index in [1.165, 1.54) is 36.1 Å². The lowest BCUT2D eigenvalue weighted by molar-refractivity contribution is 0.0444. The summed E-state index contributed by atoms with van der Waals surface area (Å²) in [6.07, 6.45) is 5.31. The first-order valence-corrected chi connectivity index (χ1v) is 8.84. The van der Waals surface area contributed by atoms with E-state index >= 15 is 0 Å². The van der Waals surface area contributed by atoms with Crippen LogP contribution in [0.15, 0.2) is 11.4 Å². The van der Waals surface area contributed by atoms with Crippen LogP contribution in [-0.4, -0.2) is 31.1 Å². The Balaban J connectivity index is 2.36. The van der Waals surface area contributed by atoms with Gasteiger partial charge in [0.1, 0.15) is 0 Å². The summed E-state index contributed by atoms with van der Waals surface area (Å²) < 4.78 is 0. The van der Waals surface area contributed by atoms with Gasteiger partial charge >= 0.3 is 0 Å². The Kier molecular flexibility index (Phi) is 5.27. The normalized spacial score (nSPS) is 28.8. The Bertz CT molecular complexity index is 416. The maximum atomic E-state index is 3.80. The Hall–Kier alpha value is -0.380. The van der Waals surface area contributed by atoms with Crippen LogP contribution < -0.4 is 5.32 Å². The lowest BCUT2D eigenvalue weighted by Crippen LogP contribution is -2.55. The van der Waals surface area contributed by atoms with Crippen LogP contribution in [0.5, 0.6) is 0 Å². The molecule has 1 unspecified atom stereocenters. The van der Waals surface area contributed by atoms with Gasteiger partial charge < -0.3 is 10.2 Å². The number of likely N-dealkylation sites (N-methyl/N-ethyl adjacent to an activating group) is 2. The summed E-state index contributed by atoms with van der Waals surface area (Å²) in [5.41, 5.74) is 1.72. The third kappa shape index (κ3) is 2.95. The smallest absolute Gasteiger partial charge is 0.0604 e. The first kappa shape index (κ1) is 16.0. The summed E-state index contributed by atoms with van der Waals surface area (Å²) in [6, 6.07) is 2.73. The average Bonchev–Trinajstić information content (AvgIpc) is 2.83.